The van der Waals surface area contributed by atoms with Gasteiger partial charge in [-0.2, -0.15) is 0 Å². The van der Waals surface area contributed by atoms with Crippen molar-refractivity contribution in [1.82, 2.24) is 10.6 Å². The van der Waals surface area contributed by atoms with E-state index in [1.54, 1.807) is 0 Å². The van der Waals surface area contributed by atoms with Crippen LogP contribution in [0, 0.1) is 0 Å². The summed E-state index contributed by atoms with van der Waals surface area (Å²) in [6, 6.07) is 0. The van der Waals surface area contributed by atoms with Gasteiger partial charge in [-0.15, -0.1) is 0 Å². The highest BCUT2D eigenvalue weighted by atomic mass is 15.2. The number of hydrogen-bond donors (Lipinski definition) is 2. The average molecular weight is 198 g/mol. The molecule has 0 aromatic heterocycles. The van der Waals surface area contributed by atoms with E-state index < -0.39 is 0 Å². The third kappa shape index (κ3) is 5.68. The van der Waals surface area contributed by atoms with Crippen LogP contribution in [0.4, 0.5) is 0 Å². The van der Waals surface area contributed by atoms with E-state index in [9.17, 15) is 0 Å². The van der Waals surface area contributed by atoms with Crippen molar-refractivity contribution in [3.63, 3.8) is 0 Å². The Bertz CT molecular complexity index is 169. The molecule has 0 bridgehead atoms. The molecule has 1 aliphatic heterocycles. The fourth-order valence-electron chi connectivity index (χ4n) is 1.07. The Labute approximate surface area is 89.5 Å². The van der Waals surface area contributed by atoms with Crippen LogP contribution >= 0.6 is 0 Å². The lowest BCUT2D eigenvalue weighted by Crippen LogP contribution is -2.10. The SMILES string of the molecule is C/C=C1/NCN/C1=C/CC.CC.CC. The minimum atomic E-state index is 0.867. The van der Waals surface area contributed by atoms with Crippen LogP contribution in [0.5, 0.6) is 0 Å². The Hall–Kier alpha value is -0.920. The van der Waals surface area contributed by atoms with Crippen molar-refractivity contribution in [2.24, 2.45) is 0 Å². The van der Waals surface area contributed by atoms with Crippen LogP contribution in [0.15, 0.2) is 23.5 Å². The lowest BCUT2D eigenvalue weighted by molar-refractivity contribution is 0.837. The summed E-state index contributed by atoms with van der Waals surface area (Å²) in [7, 11) is 0. The molecule has 2 nitrogen and oxygen atoms in total. The van der Waals surface area contributed by atoms with Crippen molar-refractivity contribution in [3.05, 3.63) is 23.5 Å². The maximum atomic E-state index is 3.24. The third-order valence-electron chi connectivity index (χ3n) is 1.54. The second kappa shape index (κ2) is 12.1. The molecule has 1 aliphatic rings. The van der Waals surface area contributed by atoms with Crippen LogP contribution in [0.3, 0.4) is 0 Å². The van der Waals surface area contributed by atoms with E-state index in [0.29, 0.717) is 0 Å². The molecule has 1 heterocycles. The lowest BCUT2D eigenvalue weighted by atomic mass is 10.3. The van der Waals surface area contributed by atoms with E-state index >= 15 is 0 Å². The van der Waals surface area contributed by atoms with Gasteiger partial charge in [0.05, 0.1) is 18.1 Å². The van der Waals surface area contributed by atoms with Crippen LogP contribution in [-0.4, -0.2) is 6.67 Å². The van der Waals surface area contributed by atoms with Gasteiger partial charge in [-0.25, -0.2) is 0 Å². The Kier molecular flexibility index (Phi) is 13.4. The van der Waals surface area contributed by atoms with Gasteiger partial charge in [-0.3, -0.25) is 0 Å². The highest BCUT2D eigenvalue weighted by Crippen LogP contribution is 2.07. The Morgan fingerprint density at radius 2 is 1.57 bits per heavy atom. The summed E-state index contributed by atoms with van der Waals surface area (Å²) in [5.74, 6) is 0. The summed E-state index contributed by atoms with van der Waals surface area (Å²) in [6.45, 7) is 13.0. The molecule has 1 saturated heterocycles. The van der Waals surface area contributed by atoms with Gasteiger partial charge < -0.3 is 10.6 Å². The first-order chi connectivity index (χ1) is 6.88. The van der Waals surface area contributed by atoms with Crippen molar-refractivity contribution < 1.29 is 0 Å². The van der Waals surface area contributed by atoms with Gasteiger partial charge >= 0.3 is 0 Å². The van der Waals surface area contributed by atoms with Gasteiger partial charge in [0.2, 0.25) is 0 Å². The molecular formula is C12H26N2. The van der Waals surface area contributed by atoms with Crippen LogP contribution in [-0.2, 0) is 0 Å². The summed E-state index contributed by atoms with van der Waals surface area (Å²) in [4.78, 5) is 0. The minimum Gasteiger partial charge on any atom is -0.367 e. The summed E-state index contributed by atoms with van der Waals surface area (Å²) < 4.78 is 0. The van der Waals surface area contributed by atoms with E-state index in [1.165, 1.54) is 11.4 Å². The molecule has 0 spiro atoms. The quantitative estimate of drug-likeness (QED) is 0.675. The summed E-state index contributed by atoms with van der Waals surface area (Å²) in [6.07, 6.45) is 5.36. The Balaban J connectivity index is 0. The highest BCUT2D eigenvalue weighted by Gasteiger charge is 2.07. The monoisotopic (exact) mass is 198 g/mol. The highest BCUT2D eigenvalue weighted by molar-refractivity contribution is 5.30. The molecule has 0 aliphatic carbocycles. The van der Waals surface area contributed by atoms with Gasteiger partial charge in [-0.05, 0) is 13.3 Å². The van der Waals surface area contributed by atoms with Crippen LogP contribution in [0.1, 0.15) is 48.0 Å². The molecule has 0 atom stereocenters. The van der Waals surface area contributed by atoms with Crippen LogP contribution < -0.4 is 10.6 Å². The smallest absolute Gasteiger partial charge is 0.0850 e. The standard InChI is InChI=1S/C8H14N2.2C2H6/c1-3-5-8-7(4-2)9-6-10-8;2*1-2/h4-5,9-10H,3,6H2,1-2H3;2*1-2H3/b7-4+,8-5+;;. The van der Waals surface area contributed by atoms with E-state index in [0.717, 1.165) is 13.1 Å². The molecular weight excluding hydrogens is 172 g/mol. The first kappa shape index (κ1) is 15.5. The molecule has 0 amide bonds. The van der Waals surface area contributed by atoms with Gasteiger partial charge in [-0.1, -0.05) is 46.8 Å². The van der Waals surface area contributed by atoms with E-state index in [-0.39, 0.29) is 0 Å². The molecule has 1 fully saturated rings. The molecule has 0 radical (unpaired) electrons. The van der Waals surface area contributed by atoms with Crippen LogP contribution in [0.25, 0.3) is 0 Å². The Morgan fingerprint density at radius 1 is 1.07 bits per heavy atom. The Morgan fingerprint density at radius 3 is 2.00 bits per heavy atom. The lowest BCUT2D eigenvalue weighted by Gasteiger charge is -1.96. The molecule has 14 heavy (non-hydrogen) atoms. The molecule has 0 saturated carbocycles. The van der Waals surface area contributed by atoms with Gasteiger partial charge in [0.1, 0.15) is 0 Å². The summed E-state index contributed by atoms with van der Waals surface area (Å²) in [5.41, 5.74) is 2.46. The molecule has 2 heteroatoms. The number of hydrogen-bond acceptors (Lipinski definition) is 2. The van der Waals surface area contributed by atoms with Gasteiger partial charge in [0.25, 0.3) is 0 Å². The molecule has 1 rings (SSSR count). The average Bonchev–Trinajstić information content (AvgIpc) is 2.72. The predicted octanol–water partition coefficient (Wildman–Crippen LogP) is 3.39. The normalized spacial score (nSPS) is 18.7. The third-order valence-corrected chi connectivity index (χ3v) is 1.54. The predicted molar refractivity (Wildman–Crippen MR) is 66.0 cm³/mol. The van der Waals surface area contributed by atoms with E-state index in [4.69, 9.17) is 0 Å². The van der Waals surface area contributed by atoms with Crippen molar-refractivity contribution in [1.29, 1.82) is 0 Å². The minimum absolute atomic E-state index is 0.867. The molecule has 2 N–H and O–H groups in total. The maximum Gasteiger partial charge on any atom is 0.0850 e. The molecule has 0 unspecified atom stereocenters. The van der Waals surface area contributed by atoms with E-state index in [1.807, 2.05) is 34.6 Å². The fourth-order valence-corrected chi connectivity index (χ4v) is 1.07. The van der Waals surface area contributed by atoms with Crippen molar-refractivity contribution in [3.8, 4) is 0 Å². The zero-order valence-corrected chi connectivity index (χ0v) is 10.6. The summed E-state index contributed by atoms with van der Waals surface area (Å²) >= 11 is 0. The zero-order chi connectivity index (χ0) is 11.4. The second-order valence-electron chi connectivity index (χ2n) is 2.26. The van der Waals surface area contributed by atoms with Crippen LogP contribution in [0.2, 0.25) is 0 Å². The second-order valence-corrected chi connectivity index (χ2v) is 2.26. The molecule has 0 aromatic carbocycles. The largest absolute Gasteiger partial charge is 0.367 e. The topological polar surface area (TPSA) is 24.1 Å². The maximum absolute atomic E-state index is 3.24. The van der Waals surface area contributed by atoms with Gasteiger partial charge in [0.15, 0.2) is 0 Å². The van der Waals surface area contributed by atoms with E-state index in [2.05, 4.69) is 29.7 Å². The molecule has 84 valence electrons. The first-order valence-corrected chi connectivity index (χ1v) is 5.73. The van der Waals surface area contributed by atoms with Crippen molar-refractivity contribution >= 4 is 0 Å². The van der Waals surface area contributed by atoms with Crippen molar-refractivity contribution in [2.75, 3.05) is 6.67 Å². The van der Waals surface area contributed by atoms with Crippen molar-refractivity contribution in [2.45, 2.75) is 48.0 Å². The molecule has 0 aromatic rings. The first-order valence-electron chi connectivity index (χ1n) is 5.73. The fraction of sp³-hybridized carbons (Fsp3) is 0.667. The number of allylic oxidation sites excluding steroid dienone is 2. The number of nitrogens with one attached hydrogen (secondary N) is 2. The summed E-state index contributed by atoms with van der Waals surface area (Å²) in [5, 5.41) is 6.46. The van der Waals surface area contributed by atoms with Gasteiger partial charge in [0, 0.05) is 0 Å². The zero-order valence-electron chi connectivity index (χ0n) is 10.6. The number of rotatable bonds is 1.